The highest BCUT2D eigenvalue weighted by molar-refractivity contribution is 7.19. The molecule has 0 radical (unpaired) electrons. The Bertz CT molecular complexity index is 1310. The molecule has 1 saturated heterocycles. The number of likely N-dealkylation sites (tertiary alicyclic amines) is 1. The summed E-state index contributed by atoms with van der Waals surface area (Å²) < 4.78 is 5.33. The number of carbonyl (C=O) groups excluding carboxylic acids is 7. The fraction of sp³-hybridized carbons (Fsp3) is 0.606. The van der Waals surface area contributed by atoms with Crippen molar-refractivity contribution in [1.82, 2.24) is 20.9 Å². The van der Waals surface area contributed by atoms with Crippen LogP contribution in [0.2, 0.25) is 0 Å². The largest absolute Gasteiger partial charge is 0.460 e. The Morgan fingerprint density at radius 3 is 2.21 bits per heavy atom. The molecular formula is C33H51N6O8P. The van der Waals surface area contributed by atoms with Crippen LogP contribution in [0.3, 0.4) is 0 Å². The number of nitrogens with two attached hydrogens (primary N) is 1. The number of carbonyl (C=O) groups is 7. The number of nitrogens with one attached hydrogen (secondary N) is 4. The Balaban J connectivity index is 1.95. The SMILES string of the molecule is CC(C)[C@H](NC(=O)CCCCCN1C(=O)CC(P)C1=O)C(=O)N[C@@H](CCCNC(N)=O)C(=O)Nc1ccc(COC(=O)C(C)(C)C)cc1. The predicted octanol–water partition coefficient (Wildman–Crippen LogP) is 2.35. The molecule has 1 aromatic rings. The first-order valence-electron chi connectivity index (χ1n) is 16.3. The quantitative estimate of drug-likeness (QED) is 0.0667. The highest BCUT2D eigenvalue weighted by atomic mass is 31.0. The van der Waals surface area contributed by atoms with Crippen LogP contribution in [0.1, 0.15) is 85.1 Å². The molecule has 1 aliphatic rings. The van der Waals surface area contributed by atoms with Gasteiger partial charge in [-0.2, -0.15) is 0 Å². The average Bonchev–Trinajstić information content (AvgIpc) is 3.25. The van der Waals surface area contributed by atoms with Gasteiger partial charge in [0.2, 0.25) is 29.5 Å². The Labute approximate surface area is 284 Å². The number of ether oxygens (including phenoxy) is 1. The van der Waals surface area contributed by atoms with E-state index in [0.29, 0.717) is 37.9 Å². The van der Waals surface area contributed by atoms with Gasteiger partial charge in [-0.1, -0.05) is 32.4 Å². The van der Waals surface area contributed by atoms with Crippen molar-refractivity contribution in [2.45, 2.75) is 104 Å². The van der Waals surface area contributed by atoms with Crippen molar-refractivity contribution in [3.8, 4) is 0 Å². The van der Waals surface area contributed by atoms with Crippen molar-refractivity contribution in [1.29, 1.82) is 0 Å². The number of urea groups is 1. The molecule has 48 heavy (non-hydrogen) atoms. The molecule has 15 heteroatoms. The number of nitrogens with zero attached hydrogens (tertiary/aromatic N) is 1. The normalized spacial score (nSPS) is 15.9. The highest BCUT2D eigenvalue weighted by Crippen LogP contribution is 2.21. The first-order valence-corrected chi connectivity index (χ1v) is 17.0. The number of imide groups is 1. The second-order valence-corrected chi connectivity index (χ2v) is 14.1. The summed E-state index contributed by atoms with van der Waals surface area (Å²) in [5, 5.41) is 10.8. The van der Waals surface area contributed by atoms with Crippen LogP contribution in [0.5, 0.6) is 0 Å². The molecule has 0 saturated carbocycles. The van der Waals surface area contributed by atoms with Crippen molar-refractivity contribution >= 4 is 56.5 Å². The summed E-state index contributed by atoms with van der Waals surface area (Å²) in [5.41, 5.74) is 5.33. The van der Waals surface area contributed by atoms with Gasteiger partial charge in [0.25, 0.3) is 0 Å². The summed E-state index contributed by atoms with van der Waals surface area (Å²) in [6.45, 7) is 9.44. The third-order valence-corrected chi connectivity index (χ3v) is 8.16. The number of hydrogen-bond acceptors (Lipinski definition) is 8. The first kappa shape index (κ1) is 40.1. The minimum absolute atomic E-state index is 0.0808. The van der Waals surface area contributed by atoms with Crippen molar-refractivity contribution in [3.63, 3.8) is 0 Å². The summed E-state index contributed by atoms with van der Waals surface area (Å²) in [6.07, 6.45) is 2.57. The van der Waals surface area contributed by atoms with E-state index in [1.807, 2.05) is 0 Å². The lowest BCUT2D eigenvalue weighted by atomic mass is 9.97. The van der Waals surface area contributed by atoms with E-state index in [0.717, 1.165) is 5.56 Å². The van der Waals surface area contributed by atoms with E-state index >= 15 is 0 Å². The monoisotopic (exact) mass is 690 g/mol. The van der Waals surface area contributed by atoms with Gasteiger partial charge in [0.15, 0.2) is 0 Å². The Morgan fingerprint density at radius 1 is 0.979 bits per heavy atom. The lowest BCUT2D eigenvalue weighted by Gasteiger charge is -2.25. The maximum atomic E-state index is 13.4. The molecule has 0 aromatic heterocycles. The molecule has 7 amide bonds. The number of anilines is 1. The van der Waals surface area contributed by atoms with E-state index in [2.05, 4.69) is 30.5 Å². The van der Waals surface area contributed by atoms with E-state index in [-0.39, 0.29) is 67.7 Å². The molecule has 1 aliphatic heterocycles. The number of rotatable bonds is 18. The molecule has 0 bridgehead atoms. The number of unbranched alkanes of at least 4 members (excludes halogenated alkanes) is 2. The molecule has 1 aromatic carbocycles. The second-order valence-electron chi connectivity index (χ2n) is 13.3. The maximum absolute atomic E-state index is 13.4. The molecule has 4 atom stereocenters. The number of hydrogen-bond donors (Lipinski definition) is 5. The van der Waals surface area contributed by atoms with E-state index in [4.69, 9.17) is 10.5 Å². The zero-order valence-corrected chi connectivity index (χ0v) is 29.7. The number of benzene rings is 1. The van der Waals surface area contributed by atoms with Crippen LogP contribution >= 0.6 is 9.24 Å². The summed E-state index contributed by atoms with van der Waals surface area (Å²) in [5.74, 6) is -2.36. The third-order valence-electron chi connectivity index (χ3n) is 7.64. The van der Waals surface area contributed by atoms with Gasteiger partial charge in [-0.05, 0) is 70.1 Å². The third kappa shape index (κ3) is 13.6. The van der Waals surface area contributed by atoms with Crippen molar-refractivity contribution in [3.05, 3.63) is 29.8 Å². The van der Waals surface area contributed by atoms with Gasteiger partial charge in [-0.15, -0.1) is 9.24 Å². The Morgan fingerprint density at radius 2 is 1.65 bits per heavy atom. The molecule has 1 heterocycles. The highest BCUT2D eigenvalue weighted by Gasteiger charge is 2.35. The van der Waals surface area contributed by atoms with Gasteiger partial charge >= 0.3 is 12.0 Å². The van der Waals surface area contributed by atoms with Gasteiger partial charge in [0.1, 0.15) is 18.7 Å². The molecule has 0 spiro atoms. The van der Waals surface area contributed by atoms with Gasteiger partial charge in [-0.3, -0.25) is 33.7 Å². The lowest BCUT2D eigenvalue weighted by molar-refractivity contribution is -0.154. The minimum Gasteiger partial charge on any atom is -0.460 e. The predicted molar refractivity (Wildman–Crippen MR) is 183 cm³/mol. The van der Waals surface area contributed by atoms with Gasteiger partial charge < -0.3 is 31.7 Å². The Hall–Kier alpha value is -4.06. The lowest BCUT2D eigenvalue weighted by Crippen LogP contribution is -2.54. The van der Waals surface area contributed by atoms with E-state index < -0.39 is 35.3 Å². The van der Waals surface area contributed by atoms with Crippen LogP contribution in [0.25, 0.3) is 0 Å². The van der Waals surface area contributed by atoms with Gasteiger partial charge in [-0.25, -0.2) is 4.79 Å². The smallest absolute Gasteiger partial charge is 0.312 e. The second kappa shape index (κ2) is 19.1. The van der Waals surface area contributed by atoms with E-state index in [9.17, 15) is 33.6 Å². The maximum Gasteiger partial charge on any atom is 0.312 e. The number of esters is 1. The summed E-state index contributed by atoms with van der Waals surface area (Å²) in [6, 6.07) is 4.13. The summed E-state index contributed by atoms with van der Waals surface area (Å²) >= 11 is 0. The van der Waals surface area contributed by atoms with Gasteiger partial charge in [0.05, 0.1) is 11.1 Å². The van der Waals surface area contributed by atoms with Crippen LogP contribution in [0.15, 0.2) is 24.3 Å². The van der Waals surface area contributed by atoms with Crippen LogP contribution < -0.4 is 27.0 Å². The van der Waals surface area contributed by atoms with Crippen molar-refractivity contribution in [2.24, 2.45) is 17.1 Å². The van der Waals surface area contributed by atoms with Crippen LogP contribution in [0.4, 0.5) is 10.5 Å². The van der Waals surface area contributed by atoms with E-state index in [1.165, 1.54) is 4.90 Å². The molecule has 2 unspecified atom stereocenters. The number of primary amides is 1. The van der Waals surface area contributed by atoms with Crippen LogP contribution in [-0.4, -0.2) is 77.3 Å². The average molecular weight is 691 g/mol. The van der Waals surface area contributed by atoms with E-state index in [1.54, 1.807) is 58.9 Å². The van der Waals surface area contributed by atoms with Gasteiger partial charge in [0, 0.05) is 31.6 Å². The molecule has 1 fully saturated rings. The Kier molecular flexibility index (Phi) is 15.9. The van der Waals surface area contributed by atoms with Crippen molar-refractivity contribution in [2.75, 3.05) is 18.4 Å². The molecule has 14 nitrogen and oxygen atoms in total. The fourth-order valence-corrected chi connectivity index (χ4v) is 5.17. The fourth-order valence-electron chi connectivity index (χ4n) is 4.78. The molecule has 2 rings (SSSR count). The summed E-state index contributed by atoms with van der Waals surface area (Å²) in [4.78, 5) is 87.8. The van der Waals surface area contributed by atoms with Crippen LogP contribution in [-0.2, 0) is 40.1 Å². The topological polar surface area (TPSA) is 206 Å². The van der Waals surface area contributed by atoms with Crippen molar-refractivity contribution < 1.29 is 38.3 Å². The molecular weight excluding hydrogens is 639 g/mol. The minimum atomic E-state index is -0.991. The zero-order chi connectivity index (χ0) is 36.0. The van der Waals surface area contributed by atoms with Crippen LogP contribution in [0, 0.1) is 11.3 Å². The molecule has 266 valence electrons. The first-order chi connectivity index (χ1) is 22.5. The zero-order valence-electron chi connectivity index (χ0n) is 28.6. The molecule has 6 N–H and O–H groups in total. The number of amides is 7. The molecule has 0 aliphatic carbocycles. The summed E-state index contributed by atoms with van der Waals surface area (Å²) in [7, 11) is 2.38. The standard InChI is InChI=1S/C33H51N6O8P/c1-20(2)27(38-25(40)11-7-6-8-17-39-26(41)18-24(48)30(39)44)29(43)37-23(10-9-16-35-32(34)46)28(42)36-22-14-12-21(13-15-22)19-47-31(45)33(3,4)5/h12-15,20,23-24,27H,6-11,16-19,48H2,1-5H3,(H,36,42)(H,37,43)(H,38,40)(H3,34,35,46)/t23-,24?,27-/m0/s1.